The third kappa shape index (κ3) is 4.98. The second-order valence-electron chi connectivity index (χ2n) is 4.55. The first kappa shape index (κ1) is 20.0. The highest BCUT2D eigenvalue weighted by molar-refractivity contribution is 6.30. The van der Waals surface area contributed by atoms with Gasteiger partial charge in [0.15, 0.2) is 0 Å². The summed E-state index contributed by atoms with van der Waals surface area (Å²) in [5, 5.41) is 11.3. The highest BCUT2D eigenvalue weighted by atomic mass is 35.5. The van der Waals surface area contributed by atoms with Crippen molar-refractivity contribution in [3.8, 4) is 5.75 Å². The molecular weight excluding hydrogens is 372 g/mol. The number of ether oxygens (including phenoxy) is 1. The van der Waals surface area contributed by atoms with Gasteiger partial charge in [-0.3, -0.25) is 10.1 Å². The normalized spacial score (nSPS) is 12.2. The van der Waals surface area contributed by atoms with Crippen LogP contribution in [0.5, 0.6) is 5.75 Å². The molecule has 0 aliphatic carbocycles. The molecule has 0 unspecified atom stereocenters. The van der Waals surface area contributed by atoms with E-state index in [1.54, 1.807) is 0 Å². The van der Waals surface area contributed by atoms with E-state index in [1.807, 2.05) is 0 Å². The Hall–Kier alpha value is -2.03. The molecule has 2 aromatic carbocycles. The summed E-state index contributed by atoms with van der Waals surface area (Å²) in [5.41, 5.74) is 6.29. The molecule has 0 radical (unpaired) electrons. The molecule has 2 N–H and O–H groups in total. The van der Waals surface area contributed by atoms with E-state index in [4.69, 9.17) is 17.3 Å². The molecule has 0 heterocycles. The van der Waals surface area contributed by atoms with Crippen LogP contribution in [0.4, 0.5) is 18.9 Å². The number of hydrogen-bond acceptors (Lipinski definition) is 4. The van der Waals surface area contributed by atoms with Crippen LogP contribution in [-0.4, -0.2) is 11.3 Å². The predicted octanol–water partition coefficient (Wildman–Crippen LogP) is 4.62. The topological polar surface area (TPSA) is 78.4 Å². The van der Waals surface area contributed by atoms with Gasteiger partial charge in [-0.2, -0.15) is 0 Å². The zero-order valence-corrected chi connectivity index (χ0v) is 13.4. The molecule has 0 aliphatic heterocycles. The second kappa shape index (κ2) is 7.69. The van der Waals surface area contributed by atoms with Crippen molar-refractivity contribution in [1.82, 2.24) is 0 Å². The zero-order chi connectivity index (χ0) is 17.2. The van der Waals surface area contributed by atoms with Gasteiger partial charge in [0.25, 0.3) is 5.69 Å². The van der Waals surface area contributed by atoms with E-state index in [-0.39, 0.29) is 28.7 Å². The maximum absolute atomic E-state index is 12.1. The Bertz CT molecular complexity index is 724. The molecule has 0 amide bonds. The monoisotopic (exact) mass is 382 g/mol. The van der Waals surface area contributed by atoms with Crippen LogP contribution in [0.2, 0.25) is 5.02 Å². The Morgan fingerprint density at radius 3 is 2.25 bits per heavy atom. The Balaban J connectivity index is 0.00000288. The molecule has 10 heteroatoms. The van der Waals surface area contributed by atoms with Crippen molar-refractivity contribution < 1.29 is 22.8 Å². The molecule has 130 valence electrons. The summed E-state index contributed by atoms with van der Waals surface area (Å²) < 4.78 is 40.1. The lowest BCUT2D eigenvalue weighted by molar-refractivity contribution is -0.385. The van der Waals surface area contributed by atoms with Crippen molar-refractivity contribution in [3.05, 3.63) is 68.7 Å². The molecule has 0 aliphatic rings. The molecule has 5 nitrogen and oxygen atoms in total. The molecule has 24 heavy (non-hydrogen) atoms. The largest absolute Gasteiger partial charge is 0.573 e. The van der Waals surface area contributed by atoms with Crippen LogP contribution in [0.3, 0.4) is 0 Å². The molecule has 0 aromatic heterocycles. The number of nitrogens with two attached hydrogens (primary N) is 1. The first-order valence-corrected chi connectivity index (χ1v) is 6.60. The first-order valence-electron chi connectivity index (χ1n) is 6.22. The van der Waals surface area contributed by atoms with Crippen LogP contribution < -0.4 is 10.5 Å². The van der Waals surface area contributed by atoms with Gasteiger partial charge in [-0.1, -0.05) is 23.7 Å². The van der Waals surface area contributed by atoms with Crippen LogP contribution in [0.15, 0.2) is 42.5 Å². The first-order chi connectivity index (χ1) is 10.7. The van der Waals surface area contributed by atoms with Gasteiger partial charge in [-0.05, 0) is 29.8 Å². The molecular formula is C14H11Cl2F3N2O3. The van der Waals surface area contributed by atoms with Gasteiger partial charge in [-0.25, -0.2) is 0 Å². The lowest BCUT2D eigenvalue weighted by atomic mass is 9.98. The summed E-state index contributed by atoms with van der Waals surface area (Å²) >= 11 is 5.83. The number of rotatable bonds is 4. The minimum absolute atomic E-state index is 0. The molecule has 2 rings (SSSR count). The van der Waals surface area contributed by atoms with E-state index < -0.39 is 23.1 Å². The molecule has 0 saturated carbocycles. The maximum atomic E-state index is 12.1. The summed E-state index contributed by atoms with van der Waals surface area (Å²) in [5.74, 6) is -0.408. The molecule has 0 fully saturated rings. The fourth-order valence-corrected chi connectivity index (χ4v) is 2.18. The molecule has 1 atom stereocenters. The van der Waals surface area contributed by atoms with Crippen LogP contribution in [0.1, 0.15) is 17.2 Å². The zero-order valence-electron chi connectivity index (χ0n) is 11.8. The van der Waals surface area contributed by atoms with E-state index >= 15 is 0 Å². The average Bonchev–Trinajstić information content (AvgIpc) is 2.45. The maximum Gasteiger partial charge on any atom is 0.573 e. The Morgan fingerprint density at radius 1 is 1.17 bits per heavy atom. The lowest BCUT2D eigenvalue weighted by Gasteiger charge is -2.14. The quantitative estimate of drug-likeness (QED) is 0.618. The number of nitro benzene ring substituents is 1. The molecule has 0 bridgehead atoms. The van der Waals surface area contributed by atoms with Crippen LogP contribution >= 0.6 is 24.0 Å². The van der Waals surface area contributed by atoms with Crippen molar-refractivity contribution in [1.29, 1.82) is 0 Å². The van der Waals surface area contributed by atoms with Crippen molar-refractivity contribution in [2.45, 2.75) is 12.4 Å². The summed E-state index contributed by atoms with van der Waals surface area (Å²) in [6.07, 6.45) is -4.80. The molecule has 0 spiro atoms. The van der Waals surface area contributed by atoms with Gasteiger partial charge in [0.2, 0.25) is 0 Å². The number of hydrogen-bond donors (Lipinski definition) is 1. The molecule has 0 saturated heterocycles. The fraction of sp³-hybridized carbons (Fsp3) is 0.143. The average molecular weight is 383 g/mol. The third-order valence-corrected chi connectivity index (χ3v) is 3.23. The smallest absolute Gasteiger partial charge is 0.406 e. The van der Waals surface area contributed by atoms with Gasteiger partial charge in [0.05, 0.1) is 16.5 Å². The van der Waals surface area contributed by atoms with E-state index in [0.29, 0.717) is 5.56 Å². The van der Waals surface area contributed by atoms with E-state index in [9.17, 15) is 23.3 Å². The van der Waals surface area contributed by atoms with E-state index in [2.05, 4.69) is 4.74 Å². The van der Waals surface area contributed by atoms with Crippen molar-refractivity contribution in [2.24, 2.45) is 5.73 Å². The number of nitrogens with zero attached hydrogens (tertiary/aromatic N) is 1. The van der Waals surface area contributed by atoms with Crippen LogP contribution in [-0.2, 0) is 0 Å². The predicted molar refractivity (Wildman–Crippen MR) is 84.5 cm³/mol. The Kier molecular flexibility index (Phi) is 6.42. The highest BCUT2D eigenvalue weighted by Crippen LogP contribution is 2.32. The Labute approximate surface area is 145 Å². The minimum atomic E-state index is -4.80. The number of nitro groups is 1. The summed E-state index contributed by atoms with van der Waals surface area (Å²) in [7, 11) is 0. The lowest BCUT2D eigenvalue weighted by Crippen LogP contribution is -2.17. The molecule has 2 aromatic rings. The third-order valence-electron chi connectivity index (χ3n) is 2.99. The Morgan fingerprint density at radius 2 is 1.75 bits per heavy atom. The van der Waals surface area contributed by atoms with Crippen molar-refractivity contribution >= 4 is 29.7 Å². The van der Waals surface area contributed by atoms with E-state index in [1.165, 1.54) is 30.3 Å². The van der Waals surface area contributed by atoms with Crippen molar-refractivity contribution in [3.63, 3.8) is 0 Å². The second-order valence-corrected chi connectivity index (χ2v) is 4.99. The minimum Gasteiger partial charge on any atom is -0.406 e. The SMILES string of the molecule is Cl.N[C@@H](c1ccc(OC(F)(F)F)cc1)c1cc(Cl)ccc1[N+](=O)[O-]. The van der Waals surface area contributed by atoms with Gasteiger partial charge < -0.3 is 10.5 Å². The van der Waals surface area contributed by atoms with Gasteiger partial charge in [0.1, 0.15) is 5.75 Å². The van der Waals surface area contributed by atoms with Crippen molar-refractivity contribution in [2.75, 3.05) is 0 Å². The number of benzene rings is 2. The summed E-state index contributed by atoms with van der Waals surface area (Å²) in [6.45, 7) is 0. The summed E-state index contributed by atoms with van der Waals surface area (Å²) in [4.78, 5) is 10.4. The van der Waals surface area contributed by atoms with E-state index in [0.717, 1.165) is 12.1 Å². The summed E-state index contributed by atoms with van der Waals surface area (Å²) in [6, 6.07) is 7.78. The van der Waals surface area contributed by atoms with Gasteiger partial charge >= 0.3 is 6.36 Å². The van der Waals surface area contributed by atoms with Gasteiger partial charge in [-0.15, -0.1) is 25.6 Å². The van der Waals surface area contributed by atoms with Crippen LogP contribution in [0, 0.1) is 10.1 Å². The van der Waals surface area contributed by atoms with Crippen LogP contribution in [0.25, 0.3) is 0 Å². The highest BCUT2D eigenvalue weighted by Gasteiger charge is 2.31. The number of halogens is 5. The van der Waals surface area contributed by atoms with Gasteiger partial charge in [0, 0.05) is 11.1 Å². The fourth-order valence-electron chi connectivity index (χ4n) is 2.00. The number of alkyl halides is 3. The standard InChI is InChI=1S/C14H10ClF3N2O3.ClH/c15-9-3-6-12(20(21)22)11(7-9)13(19)8-1-4-10(5-2-8)23-14(16,17)18;/h1-7,13H,19H2;1H/t13-;/m0./s1.